The Bertz CT molecular complexity index is 850. The summed E-state index contributed by atoms with van der Waals surface area (Å²) in [5, 5.41) is 24.7. The van der Waals surface area contributed by atoms with Crippen LogP contribution in [-0.4, -0.2) is 67.8 Å². The molecule has 1 aromatic heterocycles. The van der Waals surface area contributed by atoms with Crippen LogP contribution in [0.25, 0.3) is 11.4 Å². The molecule has 0 saturated carbocycles. The second kappa shape index (κ2) is 12.9. The van der Waals surface area contributed by atoms with Crippen molar-refractivity contribution in [3.8, 4) is 11.4 Å². The fraction of sp³-hybridized carbons (Fsp3) is 0.609. The number of aliphatic hydroxyl groups excluding tert-OH is 1. The minimum atomic E-state index is -0.591. The van der Waals surface area contributed by atoms with Gasteiger partial charge in [-0.25, -0.2) is 0 Å². The van der Waals surface area contributed by atoms with Crippen molar-refractivity contribution in [1.29, 1.82) is 0 Å². The molecular formula is C23H36N6O3. The number of tetrazole rings is 1. The van der Waals surface area contributed by atoms with Gasteiger partial charge in [0.25, 0.3) is 0 Å². The molecule has 0 bridgehead atoms. The number of nitrogens with one attached hydrogen (secondary N) is 1. The van der Waals surface area contributed by atoms with Crippen molar-refractivity contribution in [3.63, 3.8) is 0 Å². The molecule has 1 unspecified atom stereocenters. The van der Waals surface area contributed by atoms with Gasteiger partial charge in [-0.15, -0.1) is 10.2 Å². The maximum atomic E-state index is 13.1. The number of carbonyl (C=O) groups is 2. The molecule has 32 heavy (non-hydrogen) atoms. The van der Waals surface area contributed by atoms with Crippen LogP contribution in [0.3, 0.4) is 0 Å². The zero-order valence-corrected chi connectivity index (χ0v) is 19.6. The zero-order valence-electron chi connectivity index (χ0n) is 19.6. The second-order valence-corrected chi connectivity index (χ2v) is 8.45. The van der Waals surface area contributed by atoms with Gasteiger partial charge in [-0.3, -0.25) is 9.59 Å². The quantitative estimate of drug-likeness (QED) is 0.490. The molecule has 1 aromatic carbocycles. The van der Waals surface area contributed by atoms with Gasteiger partial charge in [0.2, 0.25) is 17.6 Å². The summed E-state index contributed by atoms with van der Waals surface area (Å²) in [6, 6.07) is 7.15. The van der Waals surface area contributed by atoms with E-state index in [9.17, 15) is 14.7 Å². The van der Waals surface area contributed by atoms with E-state index in [1.54, 1.807) is 4.90 Å². The van der Waals surface area contributed by atoms with Crippen LogP contribution in [0.5, 0.6) is 0 Å². The van der Waals surface area contributed by atoms with Crippen LogP contribution in [0.2, 0.25) is 0 Å². The highest BCUT2D eigenvalue weighted by Crippen LogP contribution is 2.15. The van der Waals surface area contributed by atoms with Crippen LogP contribution in [-0.2, 0) is 16.1 Å². The minimum absolute atomic E-state index is 0.0588. The molecule has 9 heteroatoms. The normalized spacial score (nSPS) is 12.1. The molecule has 1 heterocycles. The van der Waals surface area contributed by atoms with Gasteiger partial charge in [0.15, 0.2) is 0 Å². The van der Waals surface area contributed by atoms with Crippen LogP contribution < -0.4 is 5.32 Å². The van der Waals surface area contributed by atoms with Gasteiger partial charge in [-0.1, -0.05) is 57.0 Å². The van der Waals surface area contributed by atoms with Gasteiger partial charge in [0.05, 0.1) is 0 Å². The first-order valence-electron chi connectivity index (χ1n) is 11.4. The first-order valence-corrected chi connectivity index (χ1v) is 11.4. The average Bonchev–Trinajstić information content (AvgIpc) is 3.21. The molecule has 0 aliphatic heterocycles. The van der Waals surface area contributed by atoms with Gasteiger partial charge in [-0.05, 0) is 37.3 Å². The first kappa shape index (κ1) is 25.5. The lowest BCUT2D eigenvalue weighted by molar-refractivity contribution is -0.141. The molecule has 2 N–H and O–H groups in total. The van der Waals surface area contributed by atoms with Crippen LogP contribution in [0, 0.1) is 12.8 Å². The van der Waals surface area contributed by atoms with E-state index in [0.29, 0.717) is 31.1 Å². The van der Waals surface area contributed by atoms with E-state index in [0.717, 1.165) is 24.0 Å². The van der Waals surface area contributed by atoms with Crippen LogP contribution in [0.4, 0.5) is 0 Å². The fourth-order valence-corrected chi connectivity index (χ4v) is 3.34. The van der Waals surface area contributed by atoms with Crippen molar-refractivity contribution in [2.45, 2.75) is 66.0 Å². The number of aryl methyl sites for hydroxylation is 1. The van der Waals surface area contributed by atoms with Crippen molar-refractivity contribution in [2.75, 3.05) is 19.7 Å². The Morgan fingerprint density at radius 3 is 2.53 bits per heavy atom. The van der Waals surface area contributed by atoms with Crippen molar-refractivity contribution in [2.24, 2.45) is 5.92 Å². The molecule has 2 amide bonds. The number of rotatable bonds is 13. The Morgan fingerprint density at radius 2 is 1.91 bits per heavy atom. The molecule has 0 fully saturated rings. The van der Waals surface area contributed by atoms with Crippen LogP contribution >= 0.6 is 0 Å². The summed E-state index contributed by atoms with van der Waals surface area (Å²) in [5.74, 6) is 0.485. The van der Waals surface area contributed by atoms with E-state index in [4.69, 9.17) is 0 Å². The fourth-order valence-electron chi connectivity index (χ4n) is 3.34. The Hall–Kier alpha value is -2.81. The predicted octanol–water partition coefficient (Wildman–Crippen LogP) is 2.19. The van der Waals surface area contributed by atoms with Crippen LogP contribution in [0.1, 0.15) is 52.0 Å². The molecule has 176 valence electrons. The third-order valence-corrected chi connectivity index (χ3v) is 5.18. The highest BCUT2D eigenvalue weighted by atomic mass is 16.3. The van der Waals surface area contributed by atoms with E-state index in [1.807, 2.05) is 38.1 Å². The summed E-state index contributed by atoms with van der Waals surface area (Å²) in [4.78, 5) is 28.8. The number of aliphatic hydroxyl groups is 1. The topological polar surface area (TPSA) is 113 Å². The summed E-state index contributed by atoms with van der Waals surface area (Å²) >= 11 is 0. The lowest BCUT2D eigenvalue weighted by Gasteiger charge is -2.30. The van der Waals surface area contributed by atoms with Crippen molar-refractivity contribution in [1.82, 2.24) is 30.4 Å². The Morgan fingerprint density at radius 1 is 1.19 bits per heavy atom. The molecule has 2 aromatic rings. The minimum Gasteiger partial charge on any atom is -0.396 e. The predicted molar refractivity (Wildman–Crippen MR) is 123 cm³/mol. The van der Waals surface area contributed by atoms with Gasteiger partial charge in [0, 0.05) is 25.3 Å². The van der Waals surface area contributed by atoms with E-state index >= 15 is 0 Å². The van der Waals surface area contributed by atoms with Crippen molar-refractivity contribution < 1.29 is 14.7 Å². The smallest absolute Gasteiger partial charge is 0.246 e. The third kappa shape index (κ3) is 7.71. The zero-order chi connectivity index (χ0) is 23.5. The monoisotopic (exact) mass is 444 g/mol. The standard InChI is InChI=1S/C23H36N6O3/c1-5-7-20(23(32)24-13-12-17(2)3)28(14-6-15-30)21(31)16-29-26-22(25-27-29)19-10-8-18(4)9-11-19/h8-11,17,20,30H,5-7,12-16H2,1-4H3,(H,24,32). The van der Waals surface area contributed by atoms with E-state index in [-0.39, 0.29) is 31.5 Å². The number of amides is 2. The Labute approximate surface area is 190 Å². The van der Waals surface area contributed by atoms with E-state index in [1.165, 1.54) is 4.80 Å². The third-order valence-electron chi connectivity index (χ3n) is 5.18. The number of hydrogen-bond acceptors (Lipinski definition) is 6. The molecule has 0 spiro atoms. The number of aromatic nitrogens is 4. The van der Waals surface area contributed by atoms with Gasteiger partial charge in [-0.2, -0.15) is 4.80 Å². The van der Waals surface area contributed by atoms with Gasteiger partial charge < -0.3 is 15.3 Å². The van der Waals surface area contributed by atoms with Gasteiger partial charge >= 0.3 is 0 Å². The molecule has 0 saturated heterocycles. The van der Waals surface area contributed by atoms with Crippen molar-refractivity contribution in [3.05, 3.63) is 29.8 Å². The lowest BCUT2D eigenvalue weighted by Crippen LogP contribution is -2.51. The highest BCUT2D eigenvalue weighted by molar-refractivity contribution is 5.87. The Balaban J connectivity index is 2.12. The summed E-state index contributed by atoms with van der Waals surface area (Å²) in [6.45, 7) is 8.86. The maximum Gasteiger partial charge on any atom is 0.246 e. The first-order chi connectivity index (χ1) is 15.3. The largest absolute Gasteiger partial charge is 0.396 e. The van der Waals surface area contributed by atoms with Crippen molar-refractivity contribution >= 4 is 11.8 Å². The molecular weight excluding hydrogens is 408 g/mol. The number of hydrogen-bond donors (Lipinski definition) is 2. The average molecular weight is 445 g/mol. The molecule has 0 aliphatic carbocycles. The molecule has 1 atom stereocenters. The molecule has 2 rings (SSSR count). The van der Waals surface area contributed by atoms with E-state index in [2.05, 4.69) is 34.6 Å². The molecule has 0 radical (unpaired) electrons. The van der Waals surface area contributed by atoms with Gasteiger partial charge in [0.1, 0.15) is 12.6 Å². The number of carbonyl (C=O) groups excluding carboxylic acids is 2. The molecule has 0 aliphatic rings. The summed E-state index contributed by atoms with van der Waals surface area (Å²) < 4.78 is 0. The lowest BCUT2D eigenvalue weighted by atomic mass is 10.1. The summed E-state index contributed by atoms with van der Waals surface area (Å²) in [5.41, 5.74) is 1.95. The molecule has 9 nitrogen and oxygen atoms in total. The van der Waals surface area contributed by atoms with E-state index < -0.39 is 6.04 Å². The summed E-state index contributed by atoms with van der Waals surface area (Å²) in [7, 11) is 0. The SMILES string of the molecule is CCCC(C(=O)NCCC(C)C)N(CCCO)C(=O)Cn1nnc(-c2ccc(C)cc2)n1. The maximum absolute atomic E-state index is 13.1. The number of benzene rings is 1. The number of nitrogens with zero attached hydrogens (tertiary/aromatic N) is 5. The Kier molecular flexibility index (Phi) is 10.3. The highest BCUT2D eigenvalue weighted by Gasteiger charge is 2.29. The second-order valence-electron chi connectivity index (χ2n) is 8.45. The summed E-state index contributed by atoms with van der Waals surface area (Å²) in [6.07, 6.45) is 2.57. The van der Waals surface area contributed by atoms with Crippen LogP contribution in [0.15, 0.2) is 24.3 Å².